The van der Waals surface area contributed by atoms with Crippen molar-refractivity contribution in [3.05, 3.63) is 60.2 Å². The smallest absolute Gasteiger partial charge is 0.229 e. The SMILES string of the molecule is Cc1ccc(NC(=O)[C@H]2CCCN(c3ccc(-n4cccn4)nn3)C2)cc1F. The van der Waals surface area contributed by atoms with Gasteiger partial charge in [0.05, 0.1) is 5.92 Å². The summed E-state index contributed by atoms with van der Waals surface area (Å²) in [6.45, 7) is 3.06. The van der Waals surface area contributed by atoms with Crippen LogP contribution in [0, 0.1) is 18.7 Å². The number of nitrogens with zero attached hydrogens (tertiary/aromatic N) is 5. The monoisotopic (exact) mass is 380 g/mol. The molecule has 1 atom stereocenters. The van der Waals surface area contributed by atoms with E-state index in [1.165, 1.54) is 6.07 Å². The number of nitrogens with one attached hydrogen (secondary N) is 1. The number of halogens is 1. The summed E-state index contributed by atoms with van der Waals surface area (Å²) in [6, 6.07) is 10.3. The van der Waals surface area contributed by atoms with Crippen LogP contribution in [0.3, 0.4) is 0 Å². The lowest BCUT2D eigenvalue weighted by Crippen LogP contribution is -2.41. The average Bonchev–Trinajstić information content (AvgIpc) is 3.26. The summed E-state index contributed by atoms with van der Waals surface area (Å²) in [6.07, 6.45) is 5.15. The maximum Gasteiger partial charge on any atom is 0.229 e. The van der Waals surface area contributed by atoms with E-state index in [1.807, 2.05) is 18.2 Å². The van der Waals surface area contributed by atoms with Crippen LogP contribution >= 0.6 is 0 Å². The number of amides is 1. The largest absolute Gasteiger partial charge is 0.354 e. The minimum atomic E-state index is -0.324. The Hall–Kier alpha value is -3.29. The van der Waals surface area contributed by atoms with Gasteiger partial charge >= 0.3 is 0 Å². The van der Waals surface area contributed by atoms with Crippen molar-refractivity contribution in [3.8, 4) is 5.82 Å². The highest BCUT2D eigenvalue weighted by Crippen LogP contribution is 2.23. The maximum absolute atomic E-state index is 13.7. The number of carbonyl (C=O) groups excluding carboxylic acids is 1. The van der Waals surface area contributed by atoms with E-state index < -0.39 is 0 Å². The lowest BCUT2D eigenvalue weighted by Gasteiger charge is -2.32. The van der Waals surface area contributed by atoms with E-state index in [9.17, 15) is 9.18 Å². The predicted molar refractivity (Wildman–Crippen MR) is 104 cm³/mol. The Balaban J connectivity index is 1.42. The van der Waals surface area contributed by atoms with Gasteiger partial charge in [-0.2, -0.15) is 5.10 Å². The first-order valence-electron chi connectivity index (χ1n) is 9.26. The second kappa shape index (κ2) is 7.75. The third-order valence-corrected chi connectivity index (χ3v) is 4.93. The van der Waals surface area contributed by atoms with E-state index in [-0.39, 0.29) is 17.6 Å². The molecule has 8 heteroatoms. The van der Waals surface area contributed by atoms with E-state index in [0.29, 0.717) is 23.6 Å². The van der Waals surface area contributed by atoms with Crippen molar-refractivity contribution in [2.24, 2.45) is 5.92 Å². The Bertz CT molecular complexity index is 957. The van der Waals surface area contributed by atoms with Crippen molar-refractivity contribution in [2.45, 2.75) is 19.8 Å². The molecule has 1 aliphatic rings. The Morgan fingerprint density at radius 3 is 2.75 bits per heavy atom. The molecule has 0 radical (unpaired) electrons. The molecule has 1 amide bonds. The Morgan fingerprint density at radius 1 is 1.21 bits per heavy atom. The fraction of sp³-hybridized carbons (Fsp3) is 0.300. The molecule has 1 aromatic carbocycles. The molecule has 4 rings (SSSR count). The fourth-order valence-electron chi connectivity index (χ4n) is 3.33. The minimum Gasteiger partial charge on any atom is -0.354 e. The molecule has 0 spiro atoms. The molecule has 28 heavy (non-hydrogen) atoms. The standard InChI is InChI=1S/C20H21FN6O/c1-14-5-6-16(12-17(14)21)23-20(28)15-4-2-10-26(13-15)18-7-8-19(25-24-18)27-11-3-9-22-27/h3,5-9,11-12,15H,2,4,10,13H2,1H3,(H,23,28)/t15-/m0/s1. The number of piperidine rings is 1. The molecule has 7 nitrogen and oxygen atoms in total. The van der Waals surface area contributed by atoms with Crippen molar-refractivity contribution in [3.63, 3.8) is 0 Å². The molecule has 144 valence electrons. The van der Waals surface area contributed by atoms with Gasteiger partial charge in [-0.1, -0.05) is 6.07 Å². The first-order chi connectivity index (χ1) is 13.6. The van der Waals surface area contributed by atoms with Crippen molar-refractivity contribution in [1.29, 1.82) is 0 Å². The summed E-state index contributed by atoms with van der Waals surface area (Å²) in [5.41, 5.74) is 1.03. The van der Waals surface area contributed by atoms with Gasteiger partial charge in [0, 0.05) is 31.2 Å². The second-order valence-electron chi connectivity index (χ2n) is 6.94. The van der Waals surface area contributed by atoms with Gasteiger partial charge in [0.15, 0.2) is 11.6 Å². The molecule has 3 heterocycles. The van der Waals surface area contributed by atoms with Crippen LogP contribution < -0.4 is 10.2 Å². The number of anilines is 2. The quantitative estimate of drug-likeness (QED) is 0.753. The third-order valence-electron chi connectivity index (χ3n) is 4.93. The van der Waals surface area contributed by atoms with Gasteiger partial charge in [0.1, 0.15) is 5.82 Å². The number of hydrogen-bond acceptors (Lipinski definition) is 5. The van der Waals surface area contributed by atoms with Crippen LogP contribution in [0.4, 0.5) is 15.9 Å². The van der Waals surface area contributed by atoms with Gasteiger partial charge in [-0.3, -0.25) is 4.79 Å². The number of rotatable bonds is 4. The molecule has 3 aromatic rings. The van der Waals surface area contributed by atoms with Gasteiger partial charge in [-0.25, -0.2) is 9.07 Å². The highest BCUT2D eigenvalue weighted by atomic mass is 19.1. The van der Waals surface area contributed by atoms with Crippen LogP contribution in [0.25, 0.3) is 5.82 Å². The van der Waals surface area contributed by atoms with E-state index in [2.05, 4.69) is 25.5 Å². The summed E-state index contributed by atoms with van der Waals surface area (Å²) < 4.78 is 15.4. The number of aromatic nitrogens is 4. The number of benzene rings is 1. The molecule has 0 aliphatic carbocycles. The predicted octanol–water partition coefficient (Wildman–Crippen LogP) is 2.96. The van der Waals surface area contributed by atoms with Crippen molar-refractivity contribution in [1.82, 2.24) is 20.0 Å². The van der Waals surface area contributed by atoms with Gasteiger partial charge in [-0.15, -0.1) is 10.2 Å². The summed E-state index contributed by atoms with van der Waals surface area (Å²) in [5.74, 6) is 0.756. The number of aryl methyl sites for hydroxylation is 1. The van der Waals surface area contributed by atoms with Crippen molar-refractivity contribution >= 4 is 17.4 Å². The number of carbonyl (C=O) groups is 1. The minimum absolute atomic E-state index is 0.103. The lowest BCUT2D eigenvalue weighted by atomic mass is 9.97. The molecule has 0 bridgehead atoms. The summed E-state index contributed by atoms with van der Waals surface area (Å²) in [5, 5.41) is 15.5. The zero-order chi connectivity index (χ0) is 19.5. The summed E-state index contributed by atoms with van der Waals surface area (Å²) in [4.78, 5) is 14.7. The Morgan fingerprint density at radius 2 is 2.04 bits per heavy atom. The van der Waals surface area contributed by atoms with Gasteiger partial charge < -0.3 is 10.2 Å². The summed E-state index contributed by atoms with van der Waals surface area (Å²) >= 11 is 0. The van der Waals surface area contributed by atoms with E-state index in [0.717, 1.165) is 25.2 Å². The highest BCUT2D eigenvalue weighted by molar-refractivity contribution is 5.93. The van der Waals surface area contributed by atoms with Gasteiger partial charge in [0.25, 0.3) is 0 Å². The molecule has 1 aliphatic heterocycles. The molecular formula is C20H21FN6O. The van der Waals surface area contributed by atoms with Crippen LogP contribution in [0.2, 0.25) is 0 Å². The Labute approximate surface area is 162 Å². The average molecular weight is 380 g/mol. The van der Waals surface area contributed by atoms with Gasteiger partial charge in [-0.05, 0) is 55.7 Å². The first-order valence-corrected chi connectivity index (χ1v) is 9.26. The number of hydrogen-bond donors (Lipinski definition) is 1. The van der Waals surface area contributed by atoms with Gasteiger partial charge in [0.2, 0.25) is 5.91 Å². The van der Waals surface area contributed by atoms with Crippen LogP contribution in [0.1, 0.15) is 18.4 Å². The molecule has 2 aromatic heterocycles. The van der Waals surface area contributed by atoms with E-state index in [4.69, 9.17) is 0 Å². The van der Waals surface area contributed by atoms with E-state index >= 15 is 0 Å². The first kappa shape index (κ1) is 18.1. The highest BCUT2D eigenvalue weighted by Gasteiger charge is 2.27. The molecule has 1 N–H and O–H groups in total. The maximum atomic E-state index is 13.7. The summed E-state index contributed by atoms with van der Waals surface area (Å²) in [7, 11) is 0. The van der Waals surface area contributed by atoms with E-state index in [1.54, 1.807) is 36.1 Å². The molecule has 1 saturated heterocycles. The van der Waals surface area contributed by atoms with Crippen LogP contribution in [0.15, 0.2) is 48.8 Å². The molecule has 0 unspecified atom stereocenters. The van der Waals surface area contributed by atoms with Crippen LogP contribution in [-0.2, 0) is 4.79 Å². The molecule has 1 fully saturated rings. The lowest BCUT2D eigenvalue weighted by molar-refractivity contribution is -0.120. The third kappa shape index (κ3) is 3.85. The van der Waals surface area contributed by atoms with Crippen molar-refractivity contribution < 1.29 is 9.18 Å². The normalized spacial score (nSPS) is 16.8. The van der Waals surface area contributed by atoms with Crippen LogP contribution in [-0.4, -0.2) is 39.0 Å². The molecule has 0 saturated carbocycles. The second-order valence-corrected chi connectivity index (χ2v) is 6.94. The zero-order valence-corrected chi connectivity index (χ0v) is 15.5. The van der Waals surface area contributed by atoms with Crippen LogP contribution in [0.5, 0.6) is 0 Å². The Kier molecular flexibility index (Phi) is 5.01. The molecular weight excluding hydrogens is 359 g/mol. The topological polar surface area (TPSA) is 75.9 Å². The zero-order valence-electron chi connectivity index (χ0n) is 15.5. The fourth-order valence-corrected chi connectivity index (χ4v) is 3.33. The van der Waals surface area contributed by atoms with Crippen molar-refractivity contribution in [2.75, 3.05) is 23.3 Å².